The van der Waals surface area contributed by atoms with Gasteiger partial charge in [-0.25, -0.2) is 0 Å². The van der Waals surface area contributed by atoms with Crippen molar-refractivity contribution in [3.63, 3.8) is 0 Å². The van der Waals surface area contributed by atoms with Gasteiger partial charge in [0, 0.05) is 10.1 Å². The third kappa shape index (κ3) is 1.45. The van der Waals surface area contributed by atoms with Gasteiger partial charge in [-0.3, -0.25) is 0 Å². The fourth-order valence-electron chi connectivity index (χ4n) is 1.05. The predicted molar refractivity (Wildman–Crippen MR) is 55.1 cm³/mol. The number of alkyl halides is 2. The van der Waals surface area contributed by atoms with Crippen molar-refractivity contribution >= 4 is 44.6 Å². The number of fused-ring (bicyclic) bond motifs is 1. The molecule has 0 aliphatic rings. The lowest BCUT2D eigenvalue weighted by molar-refractivity contribution is 1.37. The third-order valence-corrected chi connectivity index (χ3v) is 2.99. The standard InChI is InChI=1S/C9H5Cl2S/c10-9(11)7-2-1-6-3-4-12-8(6)5-7/h1-3,5,9H. The Kier molecular flexibility index (Phi) is 2.26. The van der Waals surface area contributed by atoms with Crippen LogP contribution in [0.4, 0.5) is 0 Å². The van der Waals surface area contributed by atoms with E-state index in [2.05, 4.69) is 5.38 Å². The van der Waals surface area contributed by atoms with Crippen LogP contribution in [-0.4, -0.2) is 0 Å². The Labute approximate surface area is 84.7 Å². The van der Waals surface area contributed by atoms with Crippen molar-refractivity contribution in [2.24, 2.45) is 0 Å². The summed E-state index contributed by atoms with van der Waals surface area (Å²) < 4.78 is 1.18. The molecule has 0 saturated carbocycles. The normalized spacial score (nSPS) is 11.2. The molecule has 1 heterocycles. The first kappa shape index (κ1) is 8.36. The average Bonchev–Trinajstić information content (AvgIpc) is 2.49. The van der Waals surface area contributed by atoms with Crippen LogP contribution in [0, 0.1) is 5.38 Å². The summed E-state index contributed by atoms with van der Waals surface area (Å²) in [4.78, 5) is -0.434. The van der Waals surface area contributed by atoms with Gasteiger partial charge < -0.3 is 0 Å². The van der Waals surface area contributed by atoms with E-state index in [4.69, 9.17) is 23.2 Å². The molecule has 2 rings (SSSR count). The molecular weight excluding hydrogens is 211 g/mol. The molecule has 1 aromatic heterocycles. The van der Waals surface area contributed by atoms with Crippen molar-refractivity contribution in [2.45, 2.75) is 4.84 Å². The minimum Gasteiger partial charge on any atom is -0.134 e. The van der Waals surface area contributed by atoms with Gasteiger partial charge in [-0.1, -0.05) is 12.1 Å². The number of thiophene rings is 1. The predicted octanol–water partition coefficient (Wildman–Crippen LogP) is 4.18. The summed E-state index contributed by atoms with van der Waals surface area (Å²) in [5.74, 6) is 0. The Balaban J connectivity index is 2.60. The van der Waals surface area contributed by atoms with Gasteiger partial charge in [-0.15, -0.1) is 34.5 Å². The van der Waals surface area contributed by atoms with E-state index >= 15 is 0 Å². The molecule has 0 aliphatic heterocycles. The molecule has 12 heavy (non-hydrogen) atoms. The van der Waals surface area contributed by atoms with Crippen LogP contribution in [0.2, 0.25) is 0 Å². The molecule has 0 nitrogen and oxygen atoms in total. The lowest BCUT2D eigenvalue weighted by Crippen LogP contribution is -1.78. The van der Waals surface area contributed by atoms with Gasteiger partial charge in [-0.2, -0.15) is 0 Å². The molecule has 1 radical (unpaired) electrons. The van der Waals surface area contributed by atoms with Gasteiger partial charge in [-0.05, 0) is 23.1 Å². The van der Waals surface area contributed by atoms with E-state index in [9.17, 15) is 0 Å². The van der Waals surface area contributed by atoms with E-state index in [1.165, 1.54) is 10.1 Å². The summed E-state index contributed by atoms with van der Waals surface area (Å²) in [6.07, 6.45) is 0. The Bertz CT molecular complexity index is 392. The highest BCUT2D eigenvalue weighted by Crippen LogP contribution is 2.29. The molecule has 0 fully saturated rings. The largest absolute Gasteiger partial charge is 0.134 e. The average molecular weight is 216 g/mol. The molecule has 0 amide bonds. The van der Waals surface area contributed by atoms with Crippen molar-refractivity contribution in [1.82, 2.24) is 0 Å². The molecule has 1 aromatic carbocycles. The van der Waals surface area contributed by atoms with Gasteiger partial charge in [0.2, 0.25) is 0 Å². The number of hydrogen-bond donors (Lipinski definition) is 0. The highest BCUT2D eigenvalue weighted by molar-refractivity contribution is 7.16. The molecule has 0 bridgehead atoms. The maximum atomic E-state index is 5.73. The molecule has 0 saturated heterocycles. The van der Waals surface area contributed by atoms with Crippen LogP contribution in [0.5, 0.6) is 0 Å². The molecule has 61 valence electrons. The molecule has 0 unspecified atom stereocenters. The minimum absolute atomic E-state index is 0.434. The number of hydrogen-bond acceptors (Lipinski definition) is 1. The second-order valence-electron chi connectivity index (χ2n) is 2.46. The van der Waals surface area contributed by atoms with Gasteiger partial charge in [0.15, 0.2) is 0 Å². The molecule has 2 aromatic rings. The summed E-state index contributed by atoms with van der Waals surface area (Å²) in [7, 11) is 0. The molecule has 0 aliphatic carbocycles. The Hall–Kier alpha value is -0.240. The molecule has 0 spiro atoms. The first-order valence-corrected chi connectivity index (χ1v) is 5.14. The van der Waals surface area contributed by atoms with E-state index < -0.39 is 4.84 Å². The van der Waals surface area contributed by atoms with Crippen LogP contribution in [0.1, 0.15) is 10.4 Å². The summed E-state index contributed by atoms with van der Waals surface area (Å²) in [6.45, 7) is 0. The molecule has 0 N–H and O–H groups in total. The Morgan fingerprint density at radius 1 is 1.33 bits per heavy atom. The van der Waals surface area contributed by atoms with Crippen LogP contribution in [-0.2, 0) is 0 Å². The van der Waals surface area contributed by atoms with Gasteiger partial charge in [0.1, 0.15) is 4.84 Å². The maximum absolute atomic E-state index is 5.73. The maximum Gasteiger partial charge on any atom is 0.132 e. The monoisotopic (exact) mass is 215 g/mol. The van der Waals surface area contributed by atoms with Crippen LogP contribution in [0.3, 0.4) is 0 Å². The van der Waals surface area contributed by atoms with E-state index in [1.807, 2.05) is 24.3 Å². The molecule has 0 atom stereocenters. The number of halogens is 2. The van der Waals surface area contributed by atoms with Crippen LogP contribution < -0.4 is 0 Å². The molecule has 3 heteroatoms. The summed E-state index contributed by atoms with van der Waals surface area (Å²) in [5.41, 5.74) is 0.946. The minimum atomic E-state index is -0.434. The first-order valence-electron chi connectivity index (χ1n) is 3.45. The smallest absolute Gasteiger partial charge is 0.132 e. The lowest BCUT2D eigenvalue weighted by atomic mass is 10.2. The second-order valence-corrected chi connectivity index (χ2v) is 4.44. The van der Waals surface area contributed by atoms with E-state index in [-0.39, 0.29) is 0 Å². The van der Waals surface area contributed by atoms with Crippen LogP contribution in [0.25, 0.3) is 10.1 Å². The van der Waals surface area contributed by atoms with Crippen molar-refractivity contribution in [3.05, 3.63) is 35.2 Å². The molecular formula is C9H5Cl2S. The van der Waals surface area contributed by atoms with Crippen molar-refractivity contribution in [2.75, 3.05) is 0 Å². The van der Waals surface area contributed by atoms with Gasteiger partial charge in [0.05, 0.1) is 0 Å². The number of rotatable bonds is 1. The van der Waals surface area contributed by atoms with E-state index in [1.54, 1.807) is 11.3 Å². The topological polar surface area (TPSA) is 0 Å². The van der Waals surface area contributed by atoms with Crippen molar-refractivity contribution < 1.29 is 0 Å². The SMILES string of the molecule is ClC(Cl)c1ccc2c[c]sc2c1. The van der Waals surface area contributed by atoms with E-state index in [0.29, 0.717) is 0 Å². The van der Waals surface area contributed by atoms with E-state index in [0.717, 1.165) is 5.56 Å². The zero-order valence-corrected chi connectivity index (χ0v) is 8.38. The summed E-state index contributed by atoms with van der Waals surface area (Å²) in [6, 6.07) is 7.91. The van der Waals surface area contributed by atoms with Crippen molar-refractivity contribution in [3.8, 4) is 0 Å². The second kappa shape index (κ2) is 3.25. The van der Waals surface area contributed by atoms with Crippen LogP contribution in [0.15, 0.2) is 24.3 Å². The van der Waals surface area contributed by atoms with Gasteiger partial charge >= 0.3 is 0 Å². The van der Waals surface area contributed by atoms with Crippen molar-refractivity contribution in [1.29, 1.82) is 0 Å². The highest BCUT2D eigenvalue weighted by Gasteiger charge is 2.04. The highest BCUT2D eigenvalue weighted by atomic mass is 35.5. The quantitative estimate of drug-likeness (QED) is 0.627. The third-order valence-electron chi connectivity index (χ3n) is 1.67. The fraction of sp³-hybridized carbons (Fsp3) is 0.111. The summed E-state index contributed by atoms with van der Waals surface area (Å²) >= 11 is 13.0. The zero-order chi connectivity index (χ0) is 8.55. The van der Waals surface area contributed by atoms with Gasteiger partial charge in [0.25, 0.3) is 0 Å². The fourth-order valence-corrected chi connectivity index (χ4v) is 2.07. The Morgan fingerprint density at radius 3 is 2.92 bits per heavy atom. The zero-order valence-electron chi connectivity index (χ0n) is 6.05. The summed E-state index contributed by atoms with van der Waals surface area (Å²) in [5, 5.41) is 4.25. The number of benzene rings is 1. The van der Waals surface area contributed by atoms with Crippen LogP contribution >= 0.6 is 34.5 Å². The lowest BCUT2D eigenvalue weighted by Gasteiger charge is -1.99. The first-order chi connectivity index (χ1) is 5.77. The Morgan fingerprint density at radius 2 is 2.17 bits per heavy atom.